The van der Waals surface area contributed by atoms with Gasteiger partial charge in [-0.2, -0.15) is 0 Å². The van der Waals surface area contributed by atoms with E-state index < -0.39 is 0 Å². The van der Waals surface area contributed by atoms with E-state index in [0.717, 1.165) is 43.8 Å². The third kappa shape index (κ3) is 2.98. The normalized spacial score (nSPS) is 10.6. The second kappa shape index (κ2) is 6.01. The van der Waals surface area contributed by atoms with Crippen molar-refractivity contribution in [3.8, 4) is 11.4 Å². The quantitative estimate of drug-likeness (QED) is 0.841. The van der Waals surface area contributed by atoms with Crippen LogP contribution in [-0.2, 0) is 6.42 Å². The predicted molar refractivity (Wildman–Crippen MR) is 86.5 cm³/mol. The molecule has 0 radical (unpaired) electrons. The highest BCUT2D eigenvalue weighted by molar-refractivity contribution is 9.13. The first-order chi connectivity index (χ1) is 9.06. The number of benzene rings is 1. The smallest absolute Gasteiger partial charge is 0.161 e. The number of nitrogens with zero attached hydrogens (tertiary/aromatic N) is 2. The van der Waals surface area contributed by atoms with Crippen molar-refractivity contribution in [2.75, 3.05) is 12.4 Å². The van der Waals surface area contributed by atoms with E-state index in [0.29, 0.717) is 0 Å². The van der Waals surface area contributed by atoms with Crippen LogP contribution >= 0.6 is 31.9 Å². The van der Waals surface area contributed by atoms with Crippen molar-refractivity contribution in [3.63, 3.8) is 0 Å². The molecule has 0 fully saturated rings. The van der Waals surface area contributed by atoms with Crippen molar-refractivity contribution in [2.45, 2.75) is 20.3 Å². The molecule has 1 heterocycles. The Morgan fingerprint density at radius 1 is 1.16 bits per heavy atom. The molecule has 1 aromatic heterocycles. The Kier molecular flexibility index (Phi) is 4.58. The largest absolute Gasteiger partial charge is 0.373 e. The fourth-order valence-corrected chi connectivity index (χ4v) is 2.54. The van der Waals surface area contributed by atoms with Gasteiger partial charge in [-0.05, 0) is 63.4 Å². The van der Waals surface area contributed by atoms with Gasteiger partial charge in [0.25, 0.3) is 0 Å². The molecule has 5 heteroatoms. The second-order valence-electron chi connectivity index (χ2n) is 4.20. The molecule has 0 aliphatic heterocycles. The van der Waals surface area contributed by atoms with Crippen molar-refractivity contribution in [1.82, 2.24) is 9.97 Å². The van der Waals surface area contributed by atoms with Gasteiger partial charge >= 0.3 is 0 Å². The van der Waals surface area contributed by atoms with Crippen molar-refractivity contribution in [1.29, 1.82) is 0 Å². The molecular formula is C14H15Br2N3. The fourth-order valence-electron chi connectivity index (χ4n) is 1.92. The maximum absolute atomic E-state index is 4.65. The third-order valence-corrected chi connectivity index (χ3v) is 4.88. The van der Waals surface area contributed by atoms with Crippen LogP contribution in [0.4, 0.5) is 5.82 Å². The number of halogens is 2. The summed E-state index contributed by atoms with van der Waals surface area (Å²) in [7, 11) is 1.88. The lowest BCUT2D eigenvalue weighted by Crippen LogP contribution is -2.04. The van der Waals surface area contributed by atoms with Gasteiger partial charge in [-0.25, -0.2) is 9.97 Å². The van der Waals surface area contributed by atoms with Crippen LogP contribution in [-0.4, -0.2) is 17.0 Å². The predicted octanol–water partition coefficient (Wildman–Crippen LogP) is 4.58. The minimum absolute atomic E-state index is 0.750. The Morgan fingerprint density at radius 3 is 2.47 bits per heavy atom. The van der Waals surface area contributed by atoms with Gasteiger partial charge in [-0.3, -0.25) is 0 Å². The lowest BCUT2D eigenvalue weighted by atomic mass is 10.1. The second-order valence-corrected chi connectivity index (χ2v) is 5.91. The molecule has 0 aliphatic carbocycles. The lowest BCUT2D eigenvalue weighted by Gasteiger charge is -2.11. The molecule has 0 aliphatic rings. The highest BCUT2D eigenvalue weighted by atomic mass is 79.9. The van der Waals surface area contributed by atoms with Crippen molar-refractivity contribution in [3.05, 3.63) is 38.4 Å². The number of hydrogen-bond acceptors (Lipinski definition) is 3. The first kappa shape index (κ1) is 14.5. The summed E-state index contributed by atoms with van der Waals surface area (Å²) in [4.78, 5) is 9.24. The minimum Gasteiger partial charge on any atom is -0.373 e. The highest BCUT2D eigenvalue weighted by Gasteiger charge is 2.11. The monoisotopic (exact) mass is 383 g/mol. The molecule has 2 rings (SSSR count). The number of hydrogen-bond donors (Lipinski definition) is 1. The Hall–Kier alpha value is -0.940. The summed E-state index contributed by atoms with van der Waals surface area (Å²) < 4.78 is 2.02. The third-order valence-electron chi connectivity index (χ3n) is 3.00. The Morgan fingerprint density at radius 2 is 1.89 bits per heavy atom. The summed E-state index contributed by atoms with van der Waals surface area (Å²) in [6, 6.07) is 6.03. The number of aromatic nitrogens is 2. The van der Waals surface area contributed by atoms with Crippen molar-refractivity contribution in [2.24, 2.45) is 0 Å². The van der Waals surface area contributed by atoms with Crippen molar-refractivity contribution >= 4 is 37.7 Å². The Labute approximate surface area is 130 Å². The molecule has 0 bridgehead atoms. The van der Waals surface area contributed by atoms with Gasteiger partial charge in [-0.1, -0.05) is 6.92 Å². The number of aryl methyl sites for hydroxylation is 1. The zero-order valence-electron chi connectivity index (χ0n) is 11.1. The maximum Gasteiger partial charge on any atom is 0.161 e. The van der Waals surface area contributed by atoms with E-state index in [9.17, 15) is 0 Å². The average Bonchev–Trinajstić information content (AvgIpc) is 2.42. The Bertz CT molecular complexity index is 587. The van der Waals surface area contributed by atoms with Gasteiger partial charge in [0, 0.05) is 32.8 Å². The van der Waals surface area contributed by atoms with Crippen LogP contribution in [0.5, 0.6) is 0 Å². The fraction of sp³-hybridized carbons (Fsp3) is 0.286. The molecule has 0 amide bonds. The molecule has 100 valence electrons. The molecule has 19 heavy (non-hydrogen) atoms. The van der Waals surface area contributed by atoms with E-state index >= 15 is 0 Å². The molecule has 1 aromatic carbocycles. The topological polar surface area (TPSA) is 37.8 Å². The summed E-state index contributed by atoms with van der Waals surface area (Å²) in [6.07, 6.45) is 0.897. The molecule has 1 N–H and O–H groups in total. The van der Waals surface area contributed by atoms with E-state index in [1.807, 2.05) is 32.2 Å². The van der Waals surface area contributed by atoms with E-state index in [4.69, 9.17) is 0 Å². The molecule has 0 saturated heterocycles. The first-order valence-electron chi connectivity index (χ1n) is 6.07. The molecule has 0 atom stereocenters. The van der Waals surface area contributed by atoms with E-state index in [1.54, 1.807) is 0 Å². The molecular weight excluding hydrogens is 370 g/mol. The summed E-state index contributed by atoms with van der Waals surface area (Å²) in [5.41, 5.74) is 3.19. The van der Waals surface area contributed by atoms with Gasteiger partial charge < -0.3 is 5.32 Å². The molecule has 0 unspecified atom stereocenters. The number of anilines is 1. The van der Waals surface area contributed by atoms with Crippen LogP contribution in [0.25, 0.3) is 11.4 Å². The molecule has 0 spiro atoms. The SMILES string of the molecule is CCc1nc(-c2ccc(Br)c(Br)c2)nc(NC)c1C. The Balaban J connectivity index is 2.58. The zero-order chi connectivity index (χ0) is 14.0. The molecule has 2 aromatic rings. The van der Waals surface area contributed by atoms with E-state index in [-0.39, 0.29) is 0 Å². The van der Waals surface area contributed by atoms with Crippen LogP contribution in [0.1, 0.15) is 18.2 Å². The standard InChI is InChI=1S/C14H15Br2N3/c1-4-12-8(2)13(17-3)19-14(18-12)9-5-6-10(15)11(16)7-9/h5-7H,4H2,1-3H3,(H,17,18,19). The van der Waals surface area contributed by atoms with Crippen LogP contribution < -0.4 is 5.32 Å². The van der Waals surface area contributed by atoms with Gasteiger partial charge in [0.2, 0.25) is 0 Å². The van der Waals surface area contributed by atoms with Crippen LogP contribution in [0, 0.1) is 6.92 Å². The average molecular weight is 385 g/mol. The summed E-state index contributed by atoms with van der Waals surface area (Å²) in [5, 5.41) is 3.13. The summed E-state index contributed by atoms with van der Waals surface area (Å²) in [5.74, 6) is 1.64. The molecule has 3 nitrogen and oxygen atoms in total. The molecule has 0 saturated carbocycles. The van der Waals surface area contributed by atoms with E-state index in [1.165, 1.54) is 0 Å². The highest BCUT2D eigenvalue weighted by Crippen LogP contribution is 2.29. The van der Waals surface area contributed by atoms with Gasteiger partial charge in [0.05, 0.1) is 0 Å². The van der Waals surface area contributed by atoms with Crippen LogP contribution in [0.15, 0.2) is 27.1 Å². The minimum atomic E-state index is 0.750. The van der Waals surface area contributed by atoms with Crippen LogP contribution in [0.2, 0.25) is 0 Å². The van der Waals surface area contributed by atoms with Gasteiger partial charge in [-0.15, -0.1) is 0 Å². The zero-order valence-corrected chi connectivity index (χ0v) is 14.3. The summed E-state index contributed by atoms with van der Waals surface area (Å²) >= 11 is 6.98. The van der Waals surface area contributed by atoms with E-state index in [2.05, 4.69) is 54.1 Å². The maximum atomic E-state index is 4.65. The lowest BCUT2D eigenvalue weighted by molar-refractivity contribution is 0.977. The van der Waals surface area contributed by atoms with Crippen molar-refractivity contribution < 1.29 is 0 Å². The number of nitrogens with one attached hydrogen (secondary N) is 1. The van der Waals surface area contributed by atoms with Gasteiger partial charge in [0.1, 0.15) is 5.82 Å². The summed E-state index contributed by atoms with van der Waals surface area (Å²) in [6.45, 7) is 4.15. The van der Waals surface area contributed by atoms with Crippen LogP contribution in [0.3, 0.4) is 0 Å². The number of rotatable bonds is 3. The van der Waals surface area contributed by atoms with Gasteiger partial charge in [0.15, 0.2) is 5.82 Å². The first-order valence-corrected chi connectivity index (χ1v) is 7.66.